The van der Waals surface area contributed by atoms with Crippen LogP contribution in [0.4, 0.5) is 4.39 Å². The fourth-order valence-corrected chi connectivity index (χ4v) is 3.79. The second kappa shape index (κ2) is 8.53. The van der Waals surface area contributed by atoms with Gasteiger partial charge in [-0.05, 0) is 48.9 Å². The summed E-state index contributed by atoms with van der Waals surface area (Å²) >= 11 is 1.60. The van der Waals surface area contributed by atoms with Gasteiger partial charge in [0, 0.05) is 11.3 Å². The number of benzene rings is 2. The zero-order valence-corrected chi connectivity index (χ0v) is 16.9. The van der Waals surface area contributed by atoms with Crippen molar-refractivity contribution >= 4 is 17.4 Å². The maximum absolute atomic E-state index is 14.3. The Hall–Kier alpha value is -3.06. The van der Waals surface area contributed by atoms with Crippen molar-refractivity contribution in [2.45, 2.75) is 17.7 Å². The first-order valence-electron chi connectivity index (χ1n) is 9.23. The van der Waals surface area contributed by atoms with Crippen LogP contribution >= 0.6 is 11.8 Å². The fraction of sp³-hybridized carbons (Fsp3) is 0.182. The van der Waals surface area contributed by atoms with Crippen molar-refractivity contribution in [3.63, 3.8) is 0 Å². The lowest BCUT2D eigenvalue weighted by Gasteiger charge is -2.07. The van der Waals surface area contributed by atoms with Gasteiger partial charge in [-0.25, -0.2) is 9.37 Å². The van der Waals surface area contributed by atoms with E-state index in [1.165, 1.54) is 6.07 Å². The van der Waals surface area contributed by atoms with Gasteiger partial charge in [0.1, 0.15) is 22.3 Å². The number of hydrogen-bond donors (Lipinski definition) is 0. The van der Waals surface area contributed by atoms with E-state index in [1.807, 2.05) is 43.3 Å². The van der Waals surface area contributed by atoms with Crippen LogP contribution in [-0.2, 0) is 5.75 Å². The van der Waals surface area contributed by atoms with Gasteiger partial charge in [-0.3, -0.25) is 0 Å². The summed E-state index contributed by atoms with van der Waals surface area (Å²) in [5.74, 6) is 1.67. The Labute approximate surface area is 172 Å². The number of thioether (sulfide) groups is 1. The molecule has 0 saturated carbocycles. The molecule has 4 rings (SSSR count). The van der Waals surface area contributed by atoms with Gasteiger partial charge in [0.05, 0.1) is 13.7 Å². The highest BCUT2D eigenvalue weighted by Gasteiger charge is 2.19. The number of methoxy groups -OCH3 is 1. The van der Waals surface area contributed by atoms with Crippen molar-refractivity contribution in [1.82, 2.24) is 14.6 Å². The first kappa shape index (κ1) is 19.3. The van der Waals surface area contributed by atoms with Crippen LogP contribution in [0.25, 0.3) is 16.9 Å². The minimum Gasteiger partial charge on any atom is -0.497 e. The van der Waals surface area contributed by atoms with Gasteiger partial charge < -0.3 is 9.47 Å². The van der Waals surface area contributed by atoms with Gasteiger partial charge in [0.15, 0.2) is 5.65 Å². The summed E-state index contributed by atoms with van der Waals surface area (Å²) in [6.07, 6.45) is 0. The standard InChI is InChI=1S/C22H20FN3O2S/c1-3-28-22-21(17-9-4-5-10-18(17)23)24-19-11-12-20(25-26(19)22)29-14-15-7-6-8-16(13-15)27-2/h4-13H,3,14H2,1-2H3. The van der Waals surface area contributed by atoms with E-state index < -0.39 is 0 Å². The van der Waals surface area contributed by atoms with Gasteiger partial charge in [0.2, 0.25) is 5.88 Å². The van der Waals surface area contributed by atoms with Crippen LogP contribution in [0, 0.1) is 5.82 Å². The van der Waals surface area contributed by atoms with Crippen molar-refractivity contribution in [2.24, 2.45) is 0 Å². The van der Waals surface area contributed by atoms with E-state index in [9.17, 15) is 4.39 Å². The van der Waals surface area contributed by atoms with Gasteiger partial charge in [-0.15, -0.1) is 0 Å². The molecule has 0 fully saturated rings. The van der Waals surface area contributed by atoms with Crippen LogP contribution in [0.5, 0.6) is 11.6 Å². The summed E-state index contributed by atoms with van der Waals surface area (Å²) < 4.78 is 27.0. The molecule has 0 bridgehead atoms. The summed E-state index contributed by atoms with van der Waals surface area (Å²) in [6.45, 7) is 2.31. The Morgan fingerprint density at radius 2 is 1.93 bits per heavy atom. The third-order valence-corrected chi connectivity index (χ3v) is 5.33. The minimum atomic E-state index is -0.343. The second-order valence-corrected chi connectivity index (χ2v) is 7.26. The zero-order chi connectivity index (χ0) is 20.2. The first-order valence-corrected chi connectivity index (χ1v) is 10.2. The Morgan fingerprint density at radius 3 is 2.72 bits per heavy atom. The molecule has 2 aromatic heterocycles. The summed E-state index contributed by atoms with van der Waals surface area (Å²) in [7, 11) is 1.66. The van der Waals surface area contributed by atoms with Crippen LogP contribution in [0.2, 0.25) is 0 Å². The van der Waals surface area contributed by atoms with Crippen LogP contribution in [-0.4, -0.2) is 28.3 Å². The predicted octanol–water partition coefficient (Wildman–Crippen LogP) is 5.24. The first-order chi connectivity index (χ1) is 14.2. The molecule has 7 heteroatoms. The fourth-order valence-electron chi connectivity index (χ4n) is 2.99. The molecule has 2 heterocycles. The highest BCUT2D eigenvalue weighted by Crippen LogP contribution is 2.33. The van der Waals surface area contributed by atoms with E-state index in [2.05, 4.69) is 10.1 Å². The van der Waals surface area contributed by atoms with Crippen molar-refractivity contribution in [3.05, 3.63) is 72.0 Å². The largest absolute Gasteiger partial charge is 0.497 e. The molecule has 2 aromatic carbocycles. The van der Waals surface area contributed by atoms with E-state index in [-0.39, 0.29) is 5.82 Å². The average Bonchev–Trinajstić information content (AvgIpc) is 3.10. The Bertz CT molecular complexity index is 1150. The average molecular weight is 409 g/mol. The van der Waals surface area contributed by atoms with Gasteiger partial charge in [0.25, 0.3) is 0 Å². The molecule has 0 atom stereocenters. The van der Waals surface area contributed by atoms with Crippen molar-refractivity contribution in [2.75, 3.05) is 13.7 Å². The third-order valence-electron chi connectivity index (χ3n) is 4.34. The molecule has 0 saturated heterocycles. The lowest BCUT2D eigenvalue weighted by atomic mass is 10.1. The summed E-state index contributed by atoms with van der Waals surface area (Å²) in [6, 6.07) is 18.3. The normalized spacial score (nSPS) is 11.0. The molecule has 0 aliphatic carbocycles. The Balaban J connectivity index is 1.67. The number of nitrogens with zero attached hydrogens (tertiary/aromatic N) is 3. The van der Waals surface area contributed by atoms with E-state index >= 15 is 0 Å². The van der Waals surface area contributed by atoms with Crippen molar-refractivity contribution in [3.8, 4) is 22.9 Å². The smallest absolute Gasteiger partial charge is 0.243 e. The summed E-state index contributed by atoms with van der Waals surface area (Å²) in [5.41, 5.74) is 2.59. The van der Waals surface area contributed by atoms with Crippen molar-refractivity contribution < 1.29 is 13.9 Å². The molecule has 0 unspecified atom stereocenters. The van der Waals surface area contributed by atoms with Gasteiger partial charge in [-0.2, -0.15) is 9.61 Å². The highest BCUT2D eigenvalue weighted by atomic mass is 32.2. The Kier molecular flexibility index (Phi) is 5.67. The van der Waals surface area contributed by atoms with Crippen molar-refractivity contribution in [1.29, 1.82) is 0 Å². The van der Waals surface area contributed by atoms with Crippen LogP contribution in [0.3, 0.4) is 0 Å². The lowest BCUT2D eigenvalue weighted by molar-refractivity contribution is 0.319. The summed E-state index contributed by atoms with van der Waals surface area (Å²) in [4.78, 5) is 4.55. The van der Waals surface area contributed by atoms with E-state index in [0.717, 1.165) is 22.1 Å². The van der Waals surface area contributed by atoms with E-state index in [4.69, 9.17) is 9.47 Å². The topological polar surface area (TPSA) is 48.7 Å². The molecule has 5 nitrogen and oxygen atoms in total. The highest BCUT2D eigenvalue weighted by molar-refractivity contribution is 7.98. The van der Waals surface area contributed by atoms with Crippen LogP contribution < -0.4 is 9.47 Å². The molecular formula is C22H20FN3O2S. The zero-order valence-electron chi connectivity index (χ0n) is 16.1. The van der Waals surface area contributed by atoms with Gasteiger partial charge in [-0.1, -0.05) is 36.0 Å². The molecule has 0 amide bonds. The number of halogens is 1. The number of rotatable bonds is 7. The second-order valence-electron chi connectivity index (χ2n) is 6.26. The molecule has 148 valence electrons. The summed E-state index contributed by atoms with van der Waals surface area (Å²) in [5, 5.41) is 5.48. The quantitative estimate of drug-likeness (QED) is 0.391. The van der Waals surface area contributed by atoms with E-state index in [0.29, 0.717) is 29.4 Å². The number of ether oxygens (including phenoxy) is 2. The molecular weight excluding hydrogens is 389 g/mol. The number of hydrogen-bond acceptors (Lipinski definition) is 5. The molecule has 0 aliphatic rings. The molecule has 4 aromatic rings. The molecule has 0 radical (unpaired) electrons. The van der Waals surface area contributed by atoms with E-state index in [1.54, 1.807) is 41.6 Å². The van der Waals surface area contributed by atoms with Crippen LogP contribution in [0.15, 0.2) is 65.7 Å². The molecule has 29 heavy (non-hydrogen) atoms. The lowest BCUT2D eigenvalue weighted by Crippen LogP contribution is -2.01. The third kappa shape index (κ3) is 4.05. The maximum atomic E-state index is 14.3. The monoisotopic (exact) mass is 409 g/mol. The number of fused-ring (bicyclic) bond motifs is 1. The Morgan fingerprint density at radius 1 is 1.07 bits per heavy atom. The molecule has 0 aliphatic heterocycles. The van der Waals surface area contributed by atoms with Gasteiger partial charge >= 0.3 is 0 Å². The number of aromatic nitrogens is 3. The minimum absolute atomic E-state index is 0.343. The van der Waals surface area contributed by atoms with Crippen LogP contribution in [0.1, 0.15) is 12.5 Å². The number of imidazole rings is 1. The SMILES string of the molecule is CCOc1c(-c2ccccc2F)nc2ccc(SCc3cccc(OC)c3)nn12. The molecule has 0 spiro atoms. The predicted molar refractivity (Wildman–Crippen MR) is 112 cm³/mol. The molecule has 0 N–H and O–H groups in total. The maximum Gasteiger partial charge on any atom is 0.243 e.